The molecule has 1 N–H and O–H groups in total. The largest absolute Gasteiger partial charge is 0.365 e. The van der Waals surface area contributed by atoms with Gasteiger partial charge in [0.2, 0.25) is 0 Å². The zero-order valence-electron chi connectivity index (χ0n) is 17.7. The predicted octanol–water partition coefficient (Wildman–Crippen LogP) is 4.14. The van der Waals surface area contributed by atoms with Crippen molar-refractivity contribution in [3.63, 3.8) is 0 Å². The Kier molecular flexibility index (Phi) is 4.98. The van der Waals surface area contributed by atoms with Gasteiger partial charge in [0.15, 0.2) is 0 Å². The fourth-order valence-electron chi connectivity index (χ4n) is 3.97. The molecule has 32 heavy (non-hydrogen) atoms. The van der Waals surface area contributed by atoms with Crippen LogP contribution < -0.4 is 13.9 Å². The molecule has 1 aliphatic carbocycles. The average Bonchev–Trinajstić information content (AvgIpc) is 3.62. The number of nitrogens with zero attached hydrogens (tertiary/aromatic N) is 4. The molecular formula is C24H23N5O2S. The van der Waals surface area contributed by atoms with Gasteiger partial charge in [0.05, 0.1) is 16.9 Å². The van der Waals surface area contributed by atoms with Crippen LogP contribution in [-0.4, -0.2) is 27.0 Å². The standard InChI is InChI=1S/C24H23N5O2S/c1-28-23-13-20(9-10-22(23)29(32(28,30)31)16-17-7-8-17)19-5-2-4-18(12-19)15-27-24-21(14-25)6-3-11-26-24/h2-6,9-13,17H,7-8,15-16H2,1H3,(H,26,27). The minimum atomic E-state index is -3.51. The molecule has 1 fully saturated rings. The summed E-state index contributed by atoms with van der Waals surface area (Å²) in [6.07, 6.45) is 3.85. The number of fused-ring (bicyclic) bond motifs is 1. The summed E-state index contributed by atoms with van der Waals surface area (Å²) in [6, 6.07) is 19.5. The first kappa shape index (κ1) is 20.3. The highest BCUT2D eigenvalue weighted by Crippen LogP contribution is 2.44. The second-order valence-corrected chi connectivity index (χ2v) is 10.1. The second kappa shape index (κ2) is 7.84. The van der Waals surface area contributed by atoms with E-state index in [0.717, 1.165) is 35.2 Å². The first-order valence-electron chi connectivity index (χ1n) is 10.6. The SMILES string of the molecule is CN1c2cc(-c3cccc(CNc4ncccc4C#N)c3)ccc2N(CC2CC2)S1(=O)=O. The molecule has 0 bridgehead atoms. The summed E-state index contributed by atoms with van der Waals surface area (Å²) in [4.78, 5) is 4.24. The molecule has 2 heterocycles. The van der Waals surface area contributed by atoms with E-state index in [2.05, 4.69) is 22.4 Å². The molecule has 3 aromatic rings. The number of hydrogen-bond donors (Lipinski definition) is 1. The summed E-state index contributed by atoms with van der Waals surface area (Å²) < 4.78 is 28.7. The molecule has 1 saturated carbocycles. The molecule has 5 rings (SSSR count). The van der Waals surface area contributed by atoms with E-state index in [-0.39, 0.29) is 0 Å². The highest BCUT2D eigenvalue weighted by molar-refractivity contribution is 7.94. The fourth-order valence-corrected chi connectivity index (χ4v) is 5.47. The minimum Gasteiger partial charge on any atom is -0.365 e. The second-order valence-electron chi connectivity index (χ2n) is 8.22. The van der Waals surface area contributed by atoms with Crippen molar-refractivity contribution in [3.05, 3.63) is 71.9 Å². The minimum absolute atomic E-state index is 0.466. The zero-order chi connectivity index (χ0) is 22.3. The van der Waals surface area contributed by atoms with Gasteiger partial charge >= 0.3 is 10.2 Å². The summed E-state index contributed by atoms with van der Waals surface area (Å²) in [6.45, 7) is 1.08. The quantitative estimate of drug-likeness (QED) is 0.616. The molecule has 162 valence electrons. The maximum absolute atomic E-state index is 12.9. The Hall–Kier alpha value is -3.57. The Balaban J connectivity index is 1.40. The number of hydrogen-bond acceptors (Lipinski definition) is 5. The number of aromatic nitrogens is 1. The third-order valence-electron chi connectivity index (χ3n) is 5.98. The normalized spacial score (nSPS) is 16.5. The Morgan fingerprint density at radius 1 is 1.09 bits per heavy atom. The number of anilines is 3. The predicted molar refractivity (Wildman–Crippen MR) is 126 cm³/mol. The van der Waals surface area contributed by atoms with Crippen LogP contribution in [0.15, 0.2) is 60.8 Å². The van der Waals surface area contributed by atoms with E-state index in [0.29, 0.717) is 36.1 Å². The molecule has 0 atom stereocenters. The lowest BCUT2D eigenvalue weighted by molar-refractivity contribution is 0.590. The van der Waals surface area contributed by atoms with E-state index >= 15 is 0 Å². The van der Waals surface area contributed by atoms with Crippen LogP contribution in [0.25, 0.3) is 11.1 Å². The van der Waals surface area contributed by atoms with E-state index in [1.54, 1.807) is 29.7 Å². The first-order chi connectivity index (χ1) is 15.5. The fraction of sp³-hybridized carbons (Fsp3) is 0.250. The summed E-state index contributed by atoms with van der Waals surface area (Å²) in [5.41, 5.74) is 4.95. The van der Waals surface area contributed by atoms with Crippen LogP contribution in [0.5, 0.6) is 0 Å². The molecule has 0 unspecified atom stereocenters. The number of nitrogens with one attached hydrogen (secondary N) is 1. The third-order valence-corrected chi connectivity index (χ3v) is 7.77. The molecule has 0 radical (unpaired) electrons. The van der Waals surface area contributed by atoms with Gasteiger partial charge in [0, 0.05) is 26.3 Å². The van der Waals surface area contributed by atoms with Crippen LogP contribution in [-0.2, 0) is 16.8 Å². The lowest BCUT2D eigenvalue weighted by atomic mass is 10.0. The van der Waals surface area contributed by atoms with Crippen LogP contribution in [0.3, 0.4) is 0 Å². The number of rotatable bonds is 6. The van der Waals surface area contributed by atoms with Gasteiger partial charge in [0.25, 0.3) is 0 Å². The average molecular weight is 446 g/mol. The first-order valence-corrected chi connectivity index (χ1v) is 12.0. The lowest BCUT2D eigenvalue weighted by Crippen LogP contribution is -2.36. The Morgan fingerprint density at radius 3 is 2.69 bits per heavy atom. The Morgan fingerprint density at radius 2 is 1.91 bits per heavy atom. The van der Waals surface area contributed by atoms with E-state index in [4.69, 9.17) is 0 Å². The van der Waals surface area contributed by atoms with E-state index in [9.17, 15) is 13.7 Å². The van der Waals surface area contributed by atoms with Crippen molar-refractivity contribution in [2.45, 2.75) is 19.4 Å². The lowest BCUT2D eigenvalue weighted by Gasteiger charge is -2.18. The maximum Gasteiger partial charge on any atom is 0.326 e. The topological polar surface area (TPSA) is 89.3 Å². The van der Waals surface area contributed by atoms with Crippen molar-refractivity contribution in [2.75, 3.05) is 27.5 Å². The molecule has 2 aliphatic rings. The Labute approximate surface area is 188 Å². The third kappa shape index (κ3) is 3.65. The molecule has 0 saturated heterocycles. The molecule has 0 amide bonds. The highest BCUT2D eigenvalue weighted by atomic mass is 32.2. The van der Waals surface area contributed by atoms with Crippen LogP contribution in [0.1, 0.15) is 24.0 Å². The van der Waals surface area contributed by atoms with Crippen molar-refractivity contribution >= 4 is 27.4 Å². The van der Waals surface area contributed by atoms with Crippen molar-refractivity contribution in [3.8, 4) is 17.2 Å². The maximum atomic E-state index is 12.9. The molecule has 7 nitrogen and oxygen atoms in total. The van der Waals surface area contributed by atoms with Gasteiger partial charge in [-0.2, -0.15) is 13.7 Å². The van der Waals surface area contributed by atoms with Gasteiger partial charge in [-0.25, -0.2) is 4.98 Å². The zero-order valence-corrected chi connectivity index (χ0v) is 18.5. The van der Waals surface area contributed by atoms with Gasteiger partial charge in [-0.1, -0.05) is 24.3 Å². The molecule has 2 aromatic carbocycles. The summed E-state index contributed by atoms with van der Waals surface area (Å²) in [5.74, 6) is 1.02. The van der Waals surface area contributed by atoms with Gasteiger partial charge in [0.1, 0.15) is 11.9 Å². The van der Waals surface area contributed by atoms with Crippen LogP contribution in [0.2, 0.25) is 0 Å². The van der Waals surface area contributed by atoms with Crippen LogP contribution >= 0.6 is 0 Å². The summed E-state index contributed by atoms with van der Waals surface area (Å²) in [5, 5.41) is 12.5. The smallest absolute Gasteiger partial charge is 0.326 e. The van der Waals surface area contributed by atoms with Crippen molar-refractivity contribution < 1.29 is 8.42 Å². The highest BCUT2D eigenvalue weighted by Gasteiger charge is 2.40. The summed E-state index contributed by atoms with van der Waals surface area (Å²) in [7, 11) is -1.89. The van der Waals surface area contributed by atoms with Crippen LogP contribution in [0.4, 0.5) is 17.2 Å². The molecule has 0 spiro atoms. The van der Waals surface area contributed by atoms with Crippen molar-refractivity contribution in [2.24, 2.45) is 5.92 Å². The van der Waals surface area contributed by atoms with Crippen molar-refractivity contribution in [1.29, 1.82) is 5.26 Å². The summed E-state index contributed by atoms with van der Waals surface area (Å²) >= 11 is 0. The number of nitriles is 1. The van der Waals surface area contributed by atoms with E-state index in [1.807, 2.05) is 36.4 Å². The van der Waals surface area contributed by atoms with E-state index < -0.39 is 10.2 Å². The Bertz CT molecular complexity index is 1330. The monoisotopic (exact) mass is 445 g/mol. The van der Waals surface area contributed by atoms with Gasteiger partial charge < -0.3 is 5.32 Å². The van der Waals surface area contributed by atoms with Gasteiger partial charge in [-0.3, -0.25) is 8.61 Å². The number of pyridine rings is 1. The van der Waals surface area contributed by atoms with Gasteiger partial charge in [-0.05, 0) is 65.8 Å². The molecular weight excluding hydrogens is 422 g/mol. The van der Waals surface area contributed by atoms with Crippen LogP contribution in [0, 0.1) is 17.2 Å². The van der Waals surface area contributed by atoms with Crippen molar-refractivity contribution in [1.82, 2.24) is 4.98 Å². The molecule has 8 heteroatoms. The molecule has 1 aliphatic heterocycles. The van der Waals surface area contributed by atoms with E-state index in [1.165, 1.54) is 4.31 Å². The molecule has 1 aromatic heterocycles. The number of benzene rings is 2. The van der Waals surface area contributed by atoms with Gasteiger partial charge in [-0.15, -0.1) is 0 Å².